The van der Waals surface area contributed by atoms with Gasteiger partial charge in [-0.05, 0) is 19.9 Å². The van der Waals surface area contributed by atoms with Crippen LogP contribution < -0.4 is 19.5 Å². The van der Waals surface area contributed by atoms with Gasteiger partial charge in [0, 0.05) is 28.6 Å². The van der Waals surface area contributed by atoms with Gasteiger partial charge >= 0.3 is 0 Å². The van der Waals surface area contributed by atoms with Crippen LogP contribution in [0, 0.1) is 13.8 Å². The van der Waals surface area contributed by atoms with Gasteiger partial charge in [0.25, 0.3) is 0 Å². The summed E-state index contributed by atoms with van der Waals surface area (Å²) in [6, 6.07) is 11.8. The zero-order valence-corrected chi connectivity index (χ0v) is 18.7. The molecule has 0 spiro atoms. The van der Waals surface area contributed by atoms with E-state index in [1.54, 1.807) is 38.7 Å². The standard InChI is InChI=1S/C23H26N2O4S/c1-14-6-8-16(9-7-14)23-21(30-15(2)25-23)12-22(26)24-13-17-10-19(28-4)20(29-5)11-18(17)27-3/h6-11H,12-13H2,1-5H3,(H,24,26). The predicted octanol–water partition coefficient (Wildman–Crippen LogP) is 4.31. The number of amides is 1. The van der Waals surface area contributed by atoms with E-state index in [9.17, 15) is 4.79 Å². The van der Waals surface area contributed by atoms with Gasteiger partial charge < -0.3 is 19.5 Å². The van der Waals surface area contributed by atoms with E-state index in [2.05, 4.69) is 22.4 Å². The summed E-state index contributed by atoms with van der Waals surface area (Å²) in [4.78, 5) is 18.3. The number of hydrogen-bond donors (Lipinski definition) is 1. The number of methoxy groups -OCH3 is 3. The third-order valence-electron chi connectivity index (χ3n) is 4.71. The lowest BCUT2D eigenvalue weighted by Crippen LogP contribution is -2.24. The van der Waals surface area contributed by atoms with E-state index in [0.717, 1.165) is 26.7 Å². The van der Waals surface area contributed by atoms with Crippen LogP contribution >= 0.6 is 11.3 Å². The first-order valence-electron chi connectivity index (χ1n) is 9.54. The van der Waals surface area contributed by atoms with Gasteiger partial charge in [0.15, 0.2) is 11.5 Å². The van der Waals surface area contributed by atoms with Crippen molar-refractivity contribution in [1.29, 1.82) is 0 Å². The molecule has 1 N–H and O–H groups in total. The number of nitrogens with one attached hydrogen (secondary N) is 1. The van der Waals surface area contributed by atoms with Crippen molar-refractivity contribution in [2.24, 2.45) is 0 Å². The SMILES string of the molecule is COc1cc(OC)c(OC)cc1CNC(=O)Cc1sc(C)nc1-c1ccc(C)cc1. The highest BCUT2D eigenvalue weighted by atomic mass is 32.1. The van der Waals surface area contributed by atoms with Gasteiger partial charge in [-0.1, -0.05) is 29.8 Å². The average Bonchev–Trinajstić information content (AvgIpc) is 3.11. The summed E-state index contributed by atoms with van der Waals surface area (Å²) in [5.41, 5.74) is 3.89. The molecule has 0 saturated carbocycles. The smallest absolute Gasteiger partial charge is 0.225 e. The van der Waals surface area contributed by atoms with Gasteiger partial charge in [0.1, 0.15) is 5.75 Å². The molecule has 30 heavy (non-hydrogen) atoms. The van der Waals surface area contributed by atoms with Crippen molar-refractivity contribution in [2.45, 2.75) is 26.8 Å². The minimum absolute atomic E-state index is 0.0798. The van der Waals surface area contributed by atoms with Gasteiger partial charge in [-0.15, -0.1) is 11.3 Å². The van der Waals surface area contributed by atoms with E-state index in [0.29, 0.717) is 23.8 Å². The summed E-state index contributed by atoms with van der Waals surface area (Å²) >= 11 is 1.55. The van der Waals surface area contributed by atoms with Crippen LogP contribution in [0.1, 0.15) is 21.0 Å². The largest absolute Gasteiger partial charge is 0.496 e. The highest BCUT2D eigenvalue weighted by molar-refractivity contribution is 7.12. The molecule has 7 heteroatoms. The van der Waals surface area contributed by atoms with E-state index in [-0.39, 0.29) is 12.3 Å². The zero-order valence-electron chi connectivity index (χ0n) is 17.9. The summed E-state index contributed by atoms with van der Waals surface area (Å²) in [5, 5.41) is 3.91. The fraction of sp³-hybridized carbons (Fsp3) is 0.304. The van der Waals surface area contributed by atoms with Crippen molar-refractivity contribution in [3.63, 3.8) is 0 Å². The van der Waals surface area contributed by atoms with Crippen molar-refractivity contribution in [3.05, 3.63) is 57.4 Å². The highest BCUT2D eigenvalue weighted by Gasteiger charge is 2.16. The normalized spacial score (nSPS) is 10.6. The molecule has 0 aliphatic heterocycles. The minimum Gasteiger partial charge on any atom is -0.496 e. The minimum atomic E-state index is -0.0798. The molecule has 0 unspecified atom stereocenters. The number of thiazole rings is 1. The lowest BCUT2D eigenvalue weighted by Gasteiger charge is -2.14. The molecule has 1 amide bonds. The maximum atomic E-state index is 12.7. The highest BCUT2D eigenvalue weighted by Crippen LogP contribution is 2.34. The number of carbonyl (C=O) groups excluding carboxylic acids is 1. The number of ether oxygens (including phenoxy) is 3. The Hall–Kier alpha value is -3.06. The third kappa shape index (κ3) is 4.91. The molecule has 3 rings (SSSR count). The second-order valence-corrected chi connectivity index (χ2v) is 8.13. The lowest BCUT2D eigenvalue weighted by atomic mass is 10.1. The Morgan fingerprint density at radius 2 is 1.60 bits per heavy atom. The molecule has 0 aliphatic carbocycles. The second kappa shape index (κ2) is 9.63. The van der Waals surface area contributed by atoms with Gasteiger partial charge in [0.05, 0.1) is 38.5 Å². The predicted molar refractivity (Wildman–Crippen MR) is 119 cm³/mol. The van der Waals surface area contributed by atoms with Crippen molar-refractivity contribution < 1.29 is 19.0 Å². The number of rotatable bonds is 8. The Morgan fingerprint density at radius 3 is 2.23 bits per heavy atom. The summed E-state index contributed by atoms with van der Waals surface area (Å²) < 4.78 is 16.1. The molecule has 6 nitrogen and oxygen atoms in total. The summed E-state index contributed by atoms with van der Waals surface area (Å²) in [6.07, 6.45) is 0.268. The first kappa shape index (κ1) is 21.6. The van der Waals surface area contributed by atoms with E-state index in [1.165, 1.54) is 5.56 Å². The Labute approximate surface area is 180 Å². The molecule has 1 aromatic heterocycles. The number of benzene rings is 2. The number of nitrogens with zero attached hydrogens (tertiary/aromatic N) is 1. The van der Waals surface area contributed by atoms with Crippen LogP contribution in [0.25, 0.3) is 11.3 Å². The quantitative estimate of drug-likeness (QED) is 0.581. The Kier molecular flexibility index (Phi) is 6.95. The van der Waals surface area contributed by atoms with E-state index >= 15 is 0 Å². The number of aromatic nitrogens is 1. The van der Waals surface area contributed by atoms with Gasteiger partial charge in [-0.25, -0.2) is 4.98 Å². The van der Waals surface area contributed by atoms with E-state index in [1.807, 2.05) is 32.0 Å². The molecular weight excluding hydrogens is 400 g/mol. The maximum Gasteiger partial charge on any atom is 0.225 e. The summed E-state index contributed by atoms with van der Waals surface area (Å²) in [5.74, 6) is 1.71. The van der Waals surface area contributed by atoms with Crippen LogP contribution in [-0.2, 0) is 17.8 Å². The molecule has 0 radical (unpaired) electrons. The molecule has 2 aromatic carbocycles. The summed E-state index contributed by atoms with van der Waals surface area (Å²) in [6.45, 7) is 4.32. The van der Waals surface area contributed by atoms with Gasteiger partial charge in [-0.2, -0.15) is 0 Å². The van der Waals surface area contributed by atoms with Crippen LogP contribution in [0.2, 0.25) is 0 Å². The molecule has 0 bridgehead atoms. The summed E-state index contributed by atoms with van der Waals surface area (Å²) in [7, 11) is 4.73. The van der Waals surface area contributed by atoms with Crippen molar-refractivity contribution >= 4 is 17.2 Å². The molecule has 0 fully saturated rings. The van der Waals surface area contributed by atoms with Crippen LogP contribution in [0.15, 0.2) is 36.4 Å². The Bertz CT molecular complexity index is 1030. The first-order valence-corrected chi connectivity index (χ1v) is 10.4. The number of carbonyl (C=O) groups is 1. The molecule has 1 heterocycles. The van der Waals surface area contributed by atoms with Gasteiger partial charge in [0.2, 0.25) is 5.91 Å². The molecule has 158 valence electrons. The van der Waals surface area contributed by atoms with Crippen LogP contribution in [0.3, 0.4) is 0 Å². The monoisotopic (exact) mass is 426 g/mol. The zero-order chi connectivity index (χ0) is 21.7. The Morgan fingerprint density at radius 1 is 0.967 bits per heavy atom. The van der Waals surface area contributed by atoms with Crippen molar-refractivity contribution in [1.82, 2.24) is 10.3 Å². The third-order valence-corrected chi connectivity index (χ3v) is 5.68. The van der Waals surface area contributed by atoms with Crippen molar-refractivity contribution in [3.8, 4) is 28.5 Å². The molecule has 0 aliphatic rings. The molecular formula is C23H26N2O4S. The van der Waals surface area contributed by atoms with Crippen LogP contribution in [-0.4, -0.2) is 32.2 Å². The average molecular weight is 427 g/mol. The van der Waals surface area contributed by atoms with Gasteiger partial charge in [-0.3, -0.25) is 4.79 Å². The fourth-order valence-electron chi connectivity index (χ4n) is 3.16. The van der Waals surface area contributed by atoms with Crippen LogP contribution in [0.5, 0.6) is 17.2 Å². The molecule has 0 saturated heterocycles. The maximum absolute atomic E-state index is 12.7. The number of hydrogen-bond acceptors (Lipinski definition) is 6. The second-order valence-electron chi connectivity index (χ2n) is 6.84. The van der Waals surface area contributed by atoms with E-state index in [4.69, 9.17) is 14.2 Å². The topological polar surface area (TPSA) is 69.7 Å². The fourth-order valence-corrected chi connectivity index (χ4v) is 4.12. The Balaban J connectivity index is 1.74. The molecule has 0 atom stereocenters. The van der Waals surface area contributed by atoms with Crippen molar-refractivity contribution in [2.75, 3.05) is 21.3 Å². The lowest BCUT2D eigenvalue weighted by molar-refractivity contribution is -0.120. The van der Waals surface area contributed by atoms with E-state index < -0.39 is 0 Å². The first-order chi connectivity index (χ1) is 14.4. The number of aryl methyl sites for hydroxylation is 2. The van der Waals surface area contributed by atoms with Crippen LogP contribution in [0.4, 0.5) is 0 Å². The molecule has 3 aromatic rings.